The molecule has 0 spiro atoms. The van der Waals surface area contributed by atoms with Crippen molar-refractivity contribution in [1.82, 2.24) is 19.7 Å². The van der Waals surface area contributed by atoms with Gasteiger partial charge in [0.1, 0.15) is 4.83 Å². The first-order valence-electron chi connectivity index (χ1n) is 8.26. The molecule has 0 bridgehead atoms. The first-order valence-corrected chi connectivity index (χ1v) is 10.1. The average molecular weight is 382 g/mol. The first kappa shape index (κ1) is 17.1. The van der Waals surface area contributed by atoms with E-state index in [2.05, 4.69) is 47.2 Å². The molecule has 5 nitrogen and oxygen atoms in total. The molecule has 0 saturated carbocycles. The Morgan fingerprint density at radius 2 is 2.04 bits per heavy atom. The van der Waals surface area contributed by atoms with Gasteiger partial charge in [0.25, 0.3) is 0 Å². The lowest BCUT2D eigenvalue weighted by Crippen LogP contribution is -1.96. The van der Waals surface area contributed by atoms with Crippen LogP contribution in [0.3, 0.4) is 0 Å². The quantitative estimate of drug-likeness (QED) is 0.524. The fraction of sp³-hybridized carbons (Fsp3) is 0.211. The van der Waals surface area contributed by atoms with Crippen molar-refractivity contribution in [3.63, 3.8) is 0 Å². The van der Waals surface area contributed by atoms with Crippen LogP contribution in [-0.4, -0.2) is 19.7 Å². The molecule has 0 atom stereocenters. The van der Waals surface area contributed by atoms with Crippen molar-refractivity contribution >= 4 is 39.0 Å². The Morgan fingerprint density at radius 1 is 1.19 bits per heavy atom. The van der Waals surface area contributed by atoms with Crippen LogP contribution in [0.15, 0.2) is 41.7 Å². The van der Waals surface area contributed by atoms with Gasteiger partial charge in [-0.25, -0.2) is 4.98 Å². The third-order valence-corrected chi connectivity index (χ3v) is 6.60. The minimum atomic E-state index is 0.722. The predicted octanol–water partition coefficient (Wildman–Crippen LogP) is 4.58. The zero-order valence-corrected chi connectivity index (χ0v) is 16.5. The molecule has 3 heterocycles. The van der Waals surface area contributed by atoms with Crippen molar-refractivity contribution in [3.05, 3.63) is 53.2 Å². The molecule has 0 radical (unpaired) electrons. The summed E-state index contributed by atoms with van der Waals surface area (Å²) in [6, 6.07) is 10.4. The van der Waals surface area contributed by atoms with Gasteiger partial charge in [-0.05, 0) is 37.1 Å². The fourth-order valence-electron chi connectivity index (χ4n) is 2.85. The van der Waals surface area contributed by atoms with E-state index in [1.165, 1.54) is 16.7 Å². The summed E-state index contributed by atoms with van der Waals surface area (Å²) in [5, 5.41) is 10.6. The Labute approximate surface area is 160 Å². The largest absolute Gasteiger partial charge is 0.397 e. The number of rotatable bonds is 4. The lowest BCUT2D eigenvalue weighted by atomic mass is 10.1. The third kappa shape index (κ3) is 2.97. The van der Waals surface area contributed by atoms with Crippen LogP contribution in [-0.2, 0) is 12.8 Å². The molecule has 2 N–H and O–H groups in total. The van der Waals surface area contributed by atoms with E-state index < -0.39 is 0 Å². The van der Waals surface area contributed by atoms with Crippen molar-refractivity contribution in [3.8, 4) is 10.7 Å². The van der Waals surface area contributed by atoms with Crippen molar-refractivity contribution in [2.75, 3.05) is 5.73 Å². The van der Waals surface area contributed by atoms with Crippen molar-refractivity contribution in [2.24, 2.45) is 7.05 Å². The van der Waals surface area contributed by atoms with E-state index in [-0.39, 0.29) is 0 Å². The number of nitrogens with zero attached hydrogens (tertiary/aromatic N) is 4. The molecule has 7 heteroatoms. The maximum atomic E-state index is 6.33. The maximum absolute atomic E-state index is 6.33. The minimum Gasteiger partial charge on any atom is -0.397 e. The van der Waals surface area contributed by atoms with Gasteiger partial charge in [-0.15, -0.1) is 21.5 Å². The predicted molar refractivity (Wildman–Crippen MR) is 110 cm³/mol. The number of aryl methyl sites for hydroxylation is 2. The number of hydrogen-bond acceptors (Lipinski definition) is 6. The van der Waals surface area contributed by atoms with Crippen LogP contribution >= 0.6 is 23.1 Å². The normalized spacial score (nSPS) is 11.3. The molecular weight excluding hydrogens is 362 g/mol. The molecule has 0 aliphatic heterocycles. The van der Waals surface area contributed by atoms with E-state index in [0.29, 0.717) is 0 Å². The standard InChI is InChI=1S/C19H19N5S2/c1-11-6-7-12(2)13(9-11)10-25-19-23-22-17(24(19)3)16-15(20)14-5-4-8-21-18(14)26-16/h4-9H,10,20H2,1-3H3. The van der Waals surface area contributed by atoms with Gasteiger partial charge in [0, 0.05) is 24.4 Å². The summed E-state index contributed by atoms with van der Waals surface area (Å²) in [4.78, 5) is 6.24. The van der Waals surface area contributed by atoms with E-state index in [9.17, 15) is 0 Å². The van der Waals surface area contributed by atoms with Gasteiger partial charge in [0.05, 0.1) is 10.6 Å². The summed E-state index contributed by atoms with van der Waals surface area (Å²) in [6.07, 6.45) is 1.78. The first-order chi connectivity index (χ1) is 12.5. The molecule has 4 aromatic rings. The van der Waals surface area contributed by atoms with Gasteiger partial charge in [-0.1, -0.05) is 35.5 Å². The van der Waals surface area contributed by atoms with Crippen LogP contribution in [0.5, 0.6) is 0 Å². The summed E-state index contributed by atoms with van der Waals surface area (Å²) in [7, 11) is 1.98. The van der Waals surface area contributed by atoms with Gasteiger partial charge < -0.3 is 10.3 Å². The number of nitrogen functional groups attached to an aromatic ring is 1. The van der Waals surface area contributed by atoms with Crippen molar-refractivity contribution in [1.29, 1.82) is 0 Å². The van der Waals surface area contributed by atoms with Crippen molar-refractivity contribution in [2.45, 2.75) is 24.8 Å². The molecule has 26 heavy (non-hydrogen) atoms. The number of nitrogens with two attached hydrogens (primary N) is 1. The van der Waals surface area contributed by atoms with Crippen LogP contribution in [0, 0.1) is 13.8 Å². The lowest BCUT2D eigenvalue weighted by Gasteiger charge is -2.07. The highest BCUT2D eigenvalue weighted by atomic mass is 32.2. The Morgan fingerprint density at radius 3 is 2.85 bits per heavy atom. The number of hydrogen-bond donors (Lipinski definition) is 1. The smallest absolute Gasteiger partial charge is 0.191 e. The monoisotopic (exact) mass is 381 g/mol. The highest BCUT2D eigenvalue weighted by Gasteiger charge is 2.18. The second-order valence-electron chi connectivity index (χ2n) is 6.28. The van der Waals surface area contributed by atoms with E-state index in [0.717, 1.165) is 37.5 Å². The van der Waals surface area contributed by atoms with Gasteiger partial charge in [-0.2, -0.15) is 0 Å². The van der Waals surface area contributed by atoms with Crippen molar-refractivity contribution < 1.29 is 0 Å². The van der Waals surface area contributed by atoms with Crippen LogP contribution in [0.2, 0.25) is 0 Å². The molecule has 0 unspecified atom stereocenters. The zero-order chi connectivity index (χ0) is 18.3. The Kier molecular flexibility index (Phi) is 4.42. The number of aromatic nitrogens is 4. The molecule has 0 saturated heterocycles. The zero-order valence-electron chi connectivity index (χ0n) is 14.9. The number of pyridine rings is 1. The van der Waals surface area contributed by atoms with Crippen LogP contribution < -0.4 is 5.73 Å². The Bertz CT molecular complexity index is 1100. The molecule has 0 aliphatic carbocycles. The minimum absolute atomic E-state index is 0.722. The highest BCUT2D eigenvalue weighted by Crippen LogP contribution is 2.39. The lowest BCUT2D eigenvalue weighted by molar-refractivity contribution is 0.794. The Balaban J connectivity index is 1.64. The molecule has 0 aliphatic rings. The van der Waals surface area contributed by atoms with E-state index in [1.54, 1.807) is 29.3 Å². The maximum Gasteiger partial charge on any atom is 0.191 e. The summed E-state index contributed by atoms with van der Waals surface area (Å²) in [6.45, 7) is 4.26. The van der Waals surface area contributed by atoms with E-state index in [1.807, 2.05) is 23.7 Å². The van der Waals surface area contributed by atoms with E-state index in [4.69, 9.17) is 5.73 Å². The van der Waals surface area contributed by atoms with Gasteiger partial charge in [-0.3, -0.25) is 0 Å². The number of thiophene rings is 1. The number of thioether (sulfide) groups is 1. The fourth-order valence-corrected chi connectivity index (χ4v) is 4.91. The third-order valence-electron chi connectivity index (χ3n) is 4.40. The molecule has 0 amide bonds. The van der Waals surface area contributed by atoms with Crippen LogP contribution in [0.4, 0.5) is 5.69 Å². The molecule has 132 valence electrons. The number of benzene rings is 1. The number of fused-ring (bicyclic) bond motifs is 1. The van der Waals surface area contributed by atoms with Gasteiger partial charge >= 0.3 is 0 Å². The van der Waals surface area contributed by atoms with E-state index >= 15 is 0 Å². The number of anilines is 1. The second kappa shape index (κ2) is 6.74. The molecule has 1 aromatic carbocycles. The summed E-state index contributed by atoms with van der Waals surface area (Å²) < 4.78 is 2.01. The average Bonchev–Trinajstić information content (AvgIpc) is 3.16. The summed E-state index contributed by atoms with van der Waals surface area (Å²) in [5.41, 5.74) is 10.9. The topological polar surface area (TPSA) is 69.6 Å². The molecule has 0 fully saturated rings. The second-order valence-corrected chi connectivity index (χ2v) is 8.23. The SMILES string of the molecule is Cc1ccc(C)c(CSc2nnc(-c3sc4ncccc4c3N)n2C)c1. The molecule has 3 aromatic heterocycles. The van der Waals surface area contributed by atoms with Gasteiger partial charge in [0.15, 0.2) is 11.0 Å². The van der Waals surface area contributed by atoms with Crippen LogP contribution in [0.1, 0.15) is 16.7 Å². The summed E-state index contributed by atoms with van der Waals surface area (Å²) >= 11 is 3.24. The molecule has 4 rings (SSSR count). The highest BCUT2D eigenvalue weighted by molar-refractivity contribution is 7.98. The molecular formula is C19H19N5S2. The Hall–Kier alpha value is -2.38. The summed E-state index contributed by atoms with van der Waals surface area (Å²) in [5.74, 6) is 1.65. The van der Waals surface area contributed by atoms with Gasteiger partial charge in [0.2, 0.25) is 0 Å². The van der Waals surface area contributed by atoms with Crippen LogP contribution in [0.25, 0.3) is 20.9 Å².